The Kier molecular flexibility index (Phi) is 15.0. The second kappa shape index (κ2) is 22.0. The van der Waals surface area contributed by atoms with E-state index < -0.39 is 42.6 Å². The predicted molar refractivity (Wildman–Crippen MR) is 304 cm³/mol. The lowest BCUT2D eigenvalue weighted by atomic mass is 9.94. The number of aromatic nitrogens is 4. The number of piperazine rings is 1. The van der Waals surface area contributed by atoms with E-state index in [9.17, 15) is 23.7 Å². The minimum absolute atomic E-state index is 0.0188. The van der Waals surface area contributed by atoms with E-state index in [1.807, 2.05) is 72.9 Å². The number of hydrogen-bond acceptors (Lipinski definition) is 15. The molecule has 2 aromatic heterocycles. The number of rotatable bonds is 14. The number of methoxy groups -OCH3 is 1. The Labute approximate surface area is 461 Å². The molecule has 7 heterocycles. The second-order valence-corrected chi connectivity index (χ2v) is 25.4. The molecule has 78 heavy (non-hydrogen) atoms. The van der Waals surface area contributed by atoms with Crippen LogP contribution in [0.2, 0.25) is 0 Å². The summed E-state index contributed by atoms with van der Waals surface area (Å²) in [7, 11) is 0.862. The number of anilines is 6. The number of halogens is 2. The molecule has 4 aromatic carbocycles. The van der Waals surface area contributed by atoms with Crippen molar-refractivity contribution in [2.24, 2.45) is 13.0 Å². The number of nitrogens with zero attached hydrogens (tertiary/aromatic N) is 9. The predicted octanol–water partition coefficient (Wildman–Crippen LogP) is 8.09. The van der Waals surface area contributed by atoms with Crippen molar-refractivity contribution in [2.75, 3.05) is 99.8 Å². The number of aryl methyl sites for hydroxylation is 1. The van der Waals surface area contributed by atoms with Crippen molar-refractivity contribution < 1.29 is 32.9 Å². The molecule has 0 bridgehead atoms. The molecule has 18 nitrogen and oxygen atoms in total. The van der Waals surface area contributed by atoms with Gasteiger partial charge < -0.3 is 34.6 Å². The summed E-state index contributed by atoms with van der Waals surface area (Å²) in [5, 5.41) is 14.3. The Morgan fingerprint density at radius 1 is 0.756 bits per heavy atom. The molecule has 0 unspecified atom stereocenters. The molecular weight excluding hydrogens is 1080 g/mol. The summed E-state index contributed by atoms with van der Waals surface area (Å²) in [5.41, 5.74) is 6.79. The number of nitrogens with one attached hydrogen (secondary N) is 3. The van der Waals surface area contributed by atoms with Gasteiger partial charge in [0, 0.05) is 119 Å². The van der Waals surface area contributed by atoms with Gasteiger partial charge in [-0.25, -0.2) is 9.37 Å². The molecule has 0 aliphatic carbocycles. The average Bonchev–Trinajstić information content (AvgIpc) is 4.16. The summed E-state index contributed by atoms with van der Waals surface area (Å²) in [5.74, 6) is -1.10. The first-order valence-electron chi connectivity index (χ1n) is 26.6. The summed E-state index contributed by atoms with van der Waals surface area (Å²) in [6, 6.07) is 22.1. The molecule has 4 fully saturated rings. The van der Waals surface area contributed by atoms with E-state index in [4.69, 9.17) is 9.72 Å². The number of benzene rings is 4. The van der Waals surface area contributed by atoms with Gasteiger partial charge in [-0.1, -0.05) is 36.4 Å². The number of hydrogen-bond donors (Lipinski definition) is 3. The van der Waals surface area contributed by atoms with Gasteiger partial charge in [-0.2, -0.15) is 10.1 Å². The zero-order valence-electron chi connectivity index (χ0n) is 44.2. The van der Waals surface area contributed by atoms with Gasteiger partial charge in [-0.3, -0.25) is 39.0 Å². The Balaban J connectivity index is 0.702. The minimum atomic E-state index is -2.72. The molecule has 406 valence electrons. The minimum Gasteiger partial charge on any atom is -0.494 e. The quantitative estimate of drug-likeness (QED) is 0.0700. The molecule has 21 heteroatoms. The summed E-state index contributed by atoms with van der Waals surface area (Å²) in [4.78, 5) is 71.0. The van der Waals surface area contributed by atoms with Gasteiger partial charge in [0.05, 0.1) is 46.0 Å². The standard InChI is InChI=1S/C57H63BrFN12O6P/c1-66-34-38(31-61-66)40-28-46(63-57-60-32-43(58)53(65-57)62-45-11-10-37(26-51(45)78(3,4)76)36-8-6-5-7-9-36)50(77-2)30-48(40)69-20-16-39(17-21-69)68-24-22-67(23-25-68)33-35-14-18-70(19-15-35)49-29-42-41(27-44(49)59)55(74)71(56(42)75)47-12-13-52(72)64-54(47)73/h5-11,26-32,34-35,39,47H,12-25,33H2,1-4H3,(H,64,72,73)(H2,60,62,63,65)/t47-/m0/s1. The summed E-state index contributed by atoms with van der Waals surface area (Å²) >= 11 is 3.64. The first kappa shape index (κ1) is 53.0. The average molecular weight is 1140 g/mol. The van der Waals surface area contributed by atoms with Gasteiger partial charge in [0.1, 0.15) is 30.6 Å². The van der Waals surface area contributed by atoms with Crippen LogP contribution in [0.3, 0.4) is 0 Å². The van der Waals surface area contributed by atoms with E-state index in [0.29, 0.717) is 64.1 Å². The maximum absolute atomic E-state index is 15.6. The SMILES string of the molecule is COc1cc(N2CCC(N3CCN(CC4CCN(c5cc6c(cc5F)C(=O)N([C@H]5CCC(=O)NC5=O)C6=O)CC4)CC3)CC2)c(-c2cnn(C)c2)cc1Nc1ncc(Br)c(Nc2ccc(-c3ccccc3)cc2P(C)(C)=O)n1. The van der Waals surface area contributed by atoms with Crippen LogP contribution in [-0.4, -0.2) is 150 Å². The van der Waals surface area contributed by atoms with E-state index in [1.165, 1.54) is 6.07 Å². The molecule has 0 saturated carbocycles. The largest absolute Gasteiger partial charge is 0.494 e. The number of imide groups is 2. The Morgan fingerprint density at radius 2 is 1.46 bits per heavy atom. The fraction of sp³-hybridized carbons (Fsp3) is 0.386. The highest BCUT2D eigenvalue weighted by molar-refractivity contribution is 9.10. The number of piperidine rings is 3. The molecular formula is C57H63BrFN12O6P. The summed E-state index contributed by atoms with van der Waals surface area (Å²) < 4.78 is 37.8. The normalized spacial score (nSPS) is 19.1. The van der Waals surface area contributed by atoms with Crippen LogP contribution in [-0.2, 0) is 21.2 Å². The highest BCUT2D eigenvalue weighted by Gasteiger charge is 2.45. The lowest BCUT2D eigenvalue weighted by Crippen LogP contribution is -2.54. The van der Waals surface area contributed by atoms with Crippen LogP contribution in [0, 0.1) is 11.7 Å². The van der Waals surface area contributed by atoms with Crippen LogP contribution in [0.1, 0.15) is 59.2 Å². The molecule has 1 atom stereocenters. The first-order valence-corrected chi connectivity index (χ1v) is 30.0. The Hall–Kier alpha value is -6.99. The van der Waals surface area contributed by atoms with Gasteiger partial charge in [0.15, 0.2) is 0 Å². The van der Waals surface area contributed by atoms with Crippen LogP contribution in [0.25, 0.3) is 22.3 Å². The maximum atomic E-state index is 15.6. The summed E-state index contributed by atoms with van der Waals surface area (Å²) in [6.07, 6.45) is 9.44. The van der Waals surface area contributed by atoms with Gasteiger partial charge in [-0.05, 0) is 109 Å². The molecule has 4 amide bonds. The molecule has 0 spiro atoms. The number of ether oxygens (including phenoxy) is 1. The van der Waals surface area contributed by atoms with E-state index in [0.717, 1.165) is 116 Å². The van der Waals surface area contributed by atoms with Crippen molar-refractivity contribution >= 4 is 86.5 Å². The number of fused-ring (bicyclic) bond motifs is 1. The van der Waals surface area contributed by atoms with E-state index in [1.54, 1.807) is 31.3 Å². The van der Waals surface area contributed by atoms with Crippen LogP contribution >= 0.6 is 23.1 Å². The first-order chi connectivity index (χ1) is 37.6. The highest BCUT2D eigenvalue weighted by atomic mass is 79.9. The van der Waals surface area contributed by atoms with Gasteiger partial charge in [0.2, 0.25) is 17.8 Å². The Morgan fingerprint density at radius 3 is 2.14 bits per heavy atom. The van der Waals surface area contributed by atoms with Gasteiger partial charge in [0.25, 0.3) is 11.8 Å². The topological polar surface area (TPSA) is 190 Å². The van der Waals surface area contributed by atoms with Crippen molar-refractivity contribution in [1.82, 2.24) is 39.8 Å². The third kappa shape index (κ3) is 10.9. The van der Waals surface area contributed by atoms with Crippen LogP contribution in [0.5, 0.6) is 5.75 Å². The van der Waals surface area contributed by atoms with Crippen molar-refractivity contribution in [1.29, 1.82) is 0 Å². The molecule has 6 aromatic rings. The van der Waals surface area contributed by atoms with Gasteiger partial charge >= 0.3 is 0 Å². The van der Waals surface area contributed by atoms with Crippen molar-refractivity contribution in [2.45, 2.75) is 50.6 Å². The number of amides is 4. The van der Waals surface area contributed by atoms with E-state index in [2.05, 4.69) is 68.8 Å². The fourth-order valence-corrected chi connectivity index (χ4v) is 13.2. The summed E-state index contributed by atoms with van der Waals surface area (Å²) in [6.45, 7) is 11.5. The number of carbonyl (C=O) groups excluding carboxylic acids is 4. The molecule has 4 saturated heterocycles. The maximum Gasteiger partial charge on any atom is 0.262 e. The lowest BCUT2D eigenvalue weighted by Gasteiger charge is -2.44. The van der Waals surface area contributed by atoms with Gasteiger partial charge in [-0.15, -0.1) is 0 Å². The zero-order chi connectivity index (χ0) is 54.4. The molecule has 3 N–H and O–H groups in total. The molecule has 5 aliphatic rings. The highest BCUT2D eigenvalue weighted by Crippen LogP contribution is 2.44. The third-order valence-electron chi connectivity index (χ3n) is 16.0. The van der Waals surface area contributed by atoms with Crippen LogP contribution in [0.15, 0.2) is 95.9 Å². The smallest absolute Gasteiger partial charge is 0.262 e. The van der Waals surface area contributed by atoms with Crippen molar-refractivity contribution in [3.63, 3.8) is 0 Å². The zero-order valence-corrected chi connectivity index (χ0v) is 46.7. The lowest BCUT2D eigenvalue weighted by molar-refractivity contribution is -0.136. The fourth-order valence-electron chi connectivity index (χ4n) is 11.8. The molecule has 5 aliphatic heterocycles. The third-order valence-corrected chi connectivity index (χ3v) is 18.1. The number of carbonyl (C=O) groups is 4. The van der Waals surface area contributed by atoms with Crippen molar-refractivity contribution in [3.8, 4) is 28.0 Å². The second-order valence-electron chi connectivity index (χ2n) is 21.3. The molecule has 11 rings (SSSR count). The monoisotopic (exact) mass is 1140 g/mol. The van der Waals surface area contributed by atoms with Crippen LogP contribution < -0.4 is 35.8 Å². The van der Waals surface area contributed by atoms with Crippen LogP contribution in [0.4, 0.5) is 38.9 Å². The van der Waals surface area contributed by atoms with Crippen molar-refractivity contribution in [3.05, 3.63) is 113 Å². The van der Waals surface area contributed by atoms with E-state index >= 15 is 4.39 Å². The van der Waals surface area contributed by atoms with E-state index in [-0.39, 0.29) is 24.0 Å². The molecule has 0 radical (unpaired) electrons. The Bertz CT molecular complexity index is 3350.